The third-order valence-corrected chi connectivity index (χ3v) is 13.1. The smallest absolute Gasteiger partial charge is 0.340 e. The molecule has 2 aromatic carbocycles. The molecule has 2 unspecified atom stereocenters. The van der Waals surface area contributed by atoms with Gasteiger partial charge in [-0.25, -0.2) is 25.6 Å². The fraction of sp³-hybridized carbons (Fsp3) is 0.519. The zero-order valence-electron chi connectivity index (χ0n) is 22.2. The number of fused-ring (bicyclic) bond motifs is 3. The number of amides is 1. The number of halogens is 8. The number of aryl methyl sites for hydroxylation is 1. The number of sulfone groups is 2. The molecule has 0 aromatic heterocycles. The second kappa shape index (κ2) is 10.1. The molecule has 2 aromatic rings. The molecule has 2 aliphatic heterocycles. The van der Waals surface area contributed by atoms with E-state index in [0.717, 1.165) is 30.3 Å². The number of alkyl halides is 7. The summed E-state index contributed by atoms with van der Waals surface area (Å²) in [6.45, 7) is -0.674. The highest BCUT2D eigenvalue weighted by Crippen LogP contribution is 2.56. The van der Waals surface area contributed by atoms with E-state index in [0.29, 0.717) is 6.07 Å². The van der Waals surface area contributed by atoms with Gasteiger partial charge in [-0.15, -0.1) is 0 Å². The van der Waals surface area contributed by atoms with Crippen molar-refractivity contribution in [2.45, 2.75) is 53.3 Å². The van der Waals surface area contributed by atoms with Crippen molar-refractivity contribution in [2.24, 2.45) is 11.8 Å². The maximum Gasteiger partial charge on any atom is 0.435 e. The second-order valence-electron chi connectivity index (χ2n) is 11.3. The molecule has 2 saturated heterocycles. The Hall–Kier alpha value is -2.75. The normalized spacial score (nSPS) is 24.8. The molecule has 5 rings (SSSR count). The number of likely N-dealkylation sites (tertiary alicyclic amines) is 1. The number of rotatable bonds is 4. The van der Waals surface area contributed by atoms with Gasteiger partial charge in [0.2, 0.25) is 5.91 Å². The molecule has 1 aliphatic carbocycles. The van der Waals surface area contributed by atoms with Crippen molar-refractivity contribution in [2.75, 3.05) is 24.6 Å². The van der Waals surface area contributed by atoms with E-state index in [2.05, 4.69) is 0 Å². The van der Waals surface area contributed by atoms with E-state index < -0.39 is 78.1 Å². The molecule has 0 radical (unpaired) electrons. The summed E-state index contributed by atoms with van der Waals surface area (Å²) in [6.07, 6.45) is -13.0. The minimum absolute atomic E-state index is 0.00740. The summed E-state index contributed by atoms with van der Waals surface area (Å²) in [5, 5.41) is 0. The zero-order chi connectivity index (χ0) is 31.8. The van der Waals surface area contributed by atoms with E-state index in [1.165, 1.54) is 4.90 Å². The fourth-order valence-electron chi connectivity index (χ4n) is 6.60. The van der Waals surface area contributed by atoms with Crippen LogP contribution in [0.25, 0.3) is 0 Å². The predicted octanol–water partition coefficient (Wildman–Crippen LogP) is 5.01. The Kier molecular flexibility index (Phi) is 7.47. The van der Waals surface area contributed by atoms with E-state index in [1.54, 1.807) is 0 Å². The molecule has 0 bridgehead atoms. The third kappa shape index (κ3) is 4.92. The molecule has 0 N–H and O–H groups in total. The lowest BCUT2D eigenvalue weighted by Gasteiger charge is -2.40. The maximum absolute atomic E-state index is 14.9. The van der Waals surface area contributed by atoms with Crippen molar-refractivity contribution in [3.05, 3.63) is 65.0 Å². The number of carbonyl (C=O) groups excluding carboxylic acids is 1. The van der Waals surface area contributed by atoms with Crippen molar-refractivity contribution in [3.8, 4) is 0 Å². The van der Waals surface area contributed by atoms with Gasteiger partial charge in [-0.05, 0) is 61.1 Å². The van der Waals surface area contributed by atoms with Gasteiger partial charge in [0.25, 0.3) is 0 Å². The molecule has 2 fully saturated rings. The van der Waals surface area contributed by atoms with Crippen molar-refractivity contribution < 1.29 is 56.8 Å². The number of benzene rings is 2. The Morgan fingerprint density at radius 1 is 0.884 bits per heavy atom. The van der Waals surface area contributed by atoms with E-state index in [4.69, 9.17) is 0 Å². The quantitative estimate of drug-likeness (QED) is 0.340. The zero-order valence-corrected chi connectivity index (χ0v) is 23.8. The highest BCUT2D eigenvalue weighted by molar-refractivity contribution is 7.92. The Balaban J connectivity index is 1.64. The average Bonchev–Trinajstić information content (AvgIpc) is 3.33. The Labute approximate surface area is 241 Å². The first-order chi connectivity index (χ1) is 19.7. The first-order valence-corrected chi connectivity index (χ1v) is 16.5. The summed E-state index contributed by atoms with van der Waals surface area (Å²) in [5.41, 5.74) is -7.92. The average molecular weight is 660 g/mol. The summed E-state index contributed by atoms with van der Waals surface area (Å²) in [7, 11) is -7.94. The van der Waals surface area contributed by atoms with Gasteiger partial charge in [0.15, 0.2) is 9.84 Å². The van der Waals surface area contributed by atoms with Crippen molar-refractivity contribution in [1.29, 1.82) is 0 Å². The largest absolute Gasteiger partial charge is 0.435 e. The molecule has 2 atom stereocenters. The van der Waals surface area contributed by atoms with Gasteiger partial charge in [0, 0.05) is 30.5 Å². The van der Waals surface area contributed by atoms with Crippen LogP contribution in [0.2, 0.25) is 0 Å². The molecular formula is C27H25F8NO5S2. The van der Waals surface area contributed by atoms with Crippen LogP contribution in [0.5, 0.6) is 0 Å². The van der Waals surface area contributed by atoms with Crippen molar-refractivity contribution in [1.82, 2.24) is 4.90 Å². The molecule has 3 aliphatic rings. The van der Waals surface area contributed by atoms with Crippen LogP contribution in [-0.2, 0) is 41.3 Å². The SMILES string of the molecule is O=C(C1CCS(=O)(=O)CC1)N1CC2CCc3cc(C(F)(C(F)(F)F)C(F)(F)F)ccc3C2(S(=O)(=O)c2ccc(F)cc2)C1. The Bertz CT molecular complexity index is 1630. The van der Waals surface area contributed by atoms with Crippen LogP contribution in [0.3, 0.4) is 0 Å². The van der Waals surface area contributed by atoms with Gasteiger partial charge < -0.3 is 4.90 Å². The number of hydrogen-bond donors (Lipinski definition) is 0. The van der Waals surface area contributed by atoms with E-state index in [1.807, 2.05) is 0 Å². The van der Waals surface area contributed by atoms with Crippen LogP contribution in [0.1, 0.15) is 36.0 Å². The maximum atomic E-state index is 14.9. The molecule has 0 saturated carbocycles. The lowest BCUT2D eigenvalue weighted by Crippen LogP contribution is -2.51. The standard InChI is InChI=1S/C27H25F8NO5S2/c28-20-4-6-21(7-5-20)43(40,41)24-15-36(23(37)16-9-11-42(38,39)12-10-16)14-19(24)2-1-17-13-18(3-8-22(17)24)25(29,26(30,31)32)27(33,34)35/h3-8,13,16,19H,1-2,9-12,14-15H2. The van der Waals surface area contributed by atoms with Gasteiger partial charge in [0.1, 0.15) is 20.4 Å². The number of carbonyl (C=O) groups is 1. The molecule has 1 amide bonds. The highest BCUT2D eigenvalue weighted by atomic mass is 32.2. The van der Waals surface area contributed by atoms with Gasteiger partial charge >= 0.3 is 18.0 Å². The molecule has 16 heteroatoms. The number of hydrogen-bond acceptors (Lipinski definition) is 5. The van der Waals surface area contributed by atoms with Gasteiger partial charge in [-0.2, -0.15) is 26.3 Å². The molecular weight excluding hydrogens is 634 g/mol. The van der Waals surface area contributed by atoms with Gasteiger partial charge in [0.05, 0.1) is 16.4 Å². The summed E-state index contributed by atoms with van der Waals surface area (Å²) in [5.74, 6) is -3.38. The minimum Gasteiger partial charge on any atom is -0.340 e. The molecule has 0 spiro atoms. The Morgan fingerprint density at radius 3 is 2.02 bits per heavy atom. The lowest BCUT2D eigenvalue weighted by atomic mass is 9.75. The van der Waals surface area contributed by atoms with Crippen molar-refractivity contribution in [3.63, 3.8) is 0 Å². The molecule has 236 valence electrons. The van der Waals surface area contributed by atoms with Crippen LogP contribution >= 0.6 is 0 Å². The van der Waals surface area contributed by atoms with E-state index in [-0.39, 0.29) is 65.8 Å². The predicted molar refractivity (Wildman–Crippen MR) is 136 cm³/mol. The topological polar surface area (TPSA) is 88.6 Å². The van der Waals surface area contributed by atoms with Crippen LogP contribution in [0.4, 0.5) is 35.1 Å². The lowest BCUT2D eigenvalue weighted by molar-refractivity contribution is -0.348. The van der Waals surface area contributed by atoms with Gasteiger partial charge in [-0.3, -0.25) is 4.79 Å². The fourth-order valence-corrected chi connectivity index (χ4v) is 10.5. The monoisotopic (exact) mass is 659 g/mol. The molecule has 2 heterocycles. The third-order valence-electron chi connectivity index (χ3n) is 8.85. The van der Waals surface area contributed by atoms with Crippen LogP contribution in [0, 0.1) is 17.7 Å². The summed E-state index contributed by atoms with van der Waals surface area (Å²) >= 11 is 0. The summed E-state index contributed by atoms with van der Waals surface area (Å²) in [4.78, 5) is 14.4. The van der Waals surface area contributed by atoms with Gasteiger partial charge in [-0.1, -0.05) is 18.2 Å². The molecule has 43 heavy (non-hydrogen) atoms. The van der Waals surface area contributed by atoms with Crippen molar-refractivity contribution >= 4 is 25.6 Å². The van der Waals surface area contributed by atoms with Crippen LogP contribution in [0.15, 0.2) is 47.4 Å². The first-order valence-electron chi connectivity index (χ1n) is 13.2. The van der Waals surface area contributed by atoms with Crippen LogP contribution < -0.4 is 0 Å². The highest BCUT2D eigenvalue weighted by Gasteiger charge is 2.73. The minimum atomic E-state index is -6.38. The first kappa shape index (κ1) is 31.7. The molecule has 6 nitrogen and oxygen atoms in total. The summed E-state index contributed by atoms with van der Waals surface area (Å²) in [6, 6.07) is 5.06. The van der Waals surface area contributed by atoms with Crippen LogP contribution in [-0.4, -0.2) is 64.6 Å². The van der Waals surface area contributed by atoms with E-state index in [9.17, 15) is 56.8 Å². The van der Waals surface area contributed by atoms with E-state index >= 15 is 0 Å². The second-order valence-corrected chi connectivity index (χ2v) is 15.8. The number of nitrogens with zero attached hydrogens (tertiary/aromatic N) is 1. The summed E-state index contributed by atoms with van der Waals surface area (Å²) < 4.78 is 160. The Morgan fingerprint density at radius 2 is 1.47 bits per heavy atom.